The molecule has 290 valence electrons. The van der Waals surface area contributed by atoms with E-state index in [2.05, 4.69) is 241 Å². The molecule has 0 bridgehead atoms. The molecular formula is C57H41N3S. The number of aromatic nitrogens is 1. The fourth-order valence-corrected chi connectivity index (χ4v) is 10.9. The van der Waals surface area contributed by atoms with Gasteiger partial charge in [0.2, 0.25) is 0 Å². The highest BCUT2D eigenvalue weighted by Crippen LogP contribution is 2.53. The Morgan fingerprint density at radius 1 is 0.410 bits per heavy atom. The van der Waals surface area contributed by atoms with E-state index < -0.39 is 0 Å². The van der Waals surface area contributed by atoms with Crippen LogP contribution in [0, 0.1) is 0 Å². The molecule has 9 aromatic carbocycles. The van der Waals surface area contributed by atoms with Crippen LogP contribution in [-0.2, 0) is 5.41 Å². The summed E-state index contributed by atoms with van der Waals surface area (Å²) in [4.78, 5) is 7.20. The first-order chi connectivity index (χ1) is 30.0. The quantitative estimate of drug-likeness (QED) is 0.166. The number of nitrogens with zero attached hydrogens (tertiary/aromatic N) is 3. The lowest BCUT2D eigenvalue weighted by Crippen LogP contribution is -2.15. The molecule has 2 aliphatic rings. The molecule has 12 rings (SSSR count). The van der Waals surface area contributed by atoms with Crippen molar-refractivity contribution >= 4 is 67.7 Å². The lowest BCUT2D eigenvalue weighted by atomic mass is 9.82. The van der Waals surface area contributed by atoms with Crippen molar-refractivity contribution < 1.29 is 0 Å². The van der Waals surface area contributed by atoms with Crippen molar-refractivity contribution in [3.8, 4) is 27.9 Å². The first-order valence-corrected chi connectivity index (χ1v) is 21.8. The molecular weight excluding hydrogens is 759 g/mol. The van der Waals surface area contributed by atoms with Gasteiger partial charge in [0.15, 0.2) is 0 Å². The maximum absolute atomic E-state index is 2.45. The summed E-state index contributed by atoms with van der Waals surface area (Å²) in [6.07, 6.45) is 0. The second kappa shape index (κ2) is 13.9. The molecule has 1 aliphatic heterocycles. The van der Waals surface area contributed by atoms with E-state index in [4.69, 9.17) is 0 Å². The summed E-state index contributed by atoms with van der Waals surface area (Å²) in [5.41, 5.74) is 18.3. The molecule has 0 atom stereocenters. The zero-order valence-electron chi connectivity index (χ0n) is 34.0. The van der Waals surface area contributed by atoms with Crippen molar-refractivity contribution in [1.82, 2.24) is 4.57 Å². The summed E-state index contributed by atoms with van der Waals surface area (Å²) in [7, 11) is 0. The van der Waals surface area contributed by atoms with Gasteiger partial charge < -0.3 is 14.4 Å². The van der Waals surface area contributed by atoms with E-state index in [-0.39, 0.29) is 5.41 Å². The van der Waals surface area contributed by atoms with Gasteiger partial charge in [-0.2, -0.15) is 0 Å². The Kier molecular flexibility index (Phi) is 8.13. The van der Waals surface area contributed by atoms with Gasteiger partial charge in [-0.3, -0.25) is 0 Å². The summed E-state index contributed by atoms with van der Waals surface area (Å²) < 4.78 is 2.45. The minimum Gasteiger partial charge on any atom is -0.311 e. The summed E-state index contributed by atoms with van der Waals surface area (Å²) in [5.74, 6) is 0. The van der Waals surface area contributed by atoms with Gasteiger partial charge in [-0.15, -0.1) is 0 Å². The highest BCUT2D eigenvalue weighted by atomic mass is 32.2. The van der Waals surface area contributed by atoms with Crippen molar-refractivity contribution in [3.63, 3.8) is 0 Å². The van der Waals surface area contributed by atoms with Gasteiger partial charge in [-0.25, -0.2) is 0 Å². The minimum absolute atomic E-state index is 0.0237. The highest BCUT2D eigenvalue weighted by molar-refractivity contribution is 7.99. The monoisotopic (exact) mass is 799 g/mol. The second-order valence-electron chi connectivity index (χ2n) is 16.6. The molecule has 0 fully saturated rings. The maximum atomic E-state index is 2.45. The Labute approximate surface area is 360 Å². The standard InChI is InChI=1S/C57H41N3S/c1-57(2)49-21-11-9-19-45(49)47-37-44(31-32-50(47)57)60-51-22-12-10-20-46(51)48-35-38(25-33-52(48)60)39-26-34-54-56(36-39)61-55-24-14-13-23-53(55)59(54)43-29-27-42(28-30-43)58(40-15-5-3-6-16-40)41-17-7-4-8-18-41/h3-37H,1-2H3. The Hall–Kier alpha value is -7.27. The van der Waals surface area contributed by atoms with Crippen LogP contribution in [0.3, 0.4) is 0 Å². The Morgan fingerprint density at radius 2 is 1.00 bits per heavy atom. The molecule has 0 amide bonds. The maximum Gasteiger partial charge on any atom is 0.0602 e. The summed E-state index contributed by atoms with van der Waals surface area (Å²) in [6.45, 7) is 4.69. The van der Waals surface area contributed by atoms with Crippen LogP contribution < -0.4 is 9.80 Å². The lowest BCUT2D eigenvalue weighted by molar-refractivity contribution is 0.660. The topological polar surface area (TPSA) is 11.4 Å². The van der Waals surface area contributed by atoms with E-state index in [1.807, 2.05) is 11.8 Å². The predicted octanol–water partition coefficient (Wildman–Crippen LogP) is 16.2. The number of para-hydroxylation sites is 4. The third kappa shape index (κ3) is 5.67. The van der Waals surface area contributed by atoms with E-state index in [1.165, 1.54) is 82.0 Å². The third-order valence-electron chi connectivity index (χ3n) is 12.8. The first kappa shape index (κ1) is 35.7. The molecule has 4 heteroatoms. The smallest absolute Gasteiger partial charge is 0.0602 e. The molecule has 0 spiro atoms. The van der Waals surface area contributed by atoms with Gasteiger partial charge in [0.25, 0.3) is 0 Å². The largest absolute Gasteiger partial charge is 0.311 e. The third-order valence-corrected chi connectivity index (χ3v) is 13.9. The molecule has 3 nitrogen and oxygen atoms in total. The van der Waals surface area contributed by atoms with Crippen LogP contribution in [-0.4, -0.2) is 4.57 Å². The molecule has 0 radical (unpaired) electrons. The summed E-state index contributed by atoms with van der Waals surface area (Å²) >= 11 is 1.85. The Balaban J connectivity index is 0.932. The molecule has 0 N–H and O–H groups in total. The van der Waals surface area contributed by atoms with E-state index in [0.29, 0.717) is 0 Å². The van der Waals surface area contributed by atoms with Crippen LogP contribution in [0.1, 0.15) is 25.0 Å². The number of hydrogen-bond acceptors (Lipinski definition) is 3. The molecule has 0 saturated carbocycles. The van der Waals surface area contributed by atoms with Crippen molar-refractivity contribution in [2.24, 2.45) is 0 Å². The lowest BCUT2D eigenvalue weighted by Gasteiger charge is -2.33. The number of fused-ring (bicyclic) bond motifs is 8. The molecule has 61 heavy (non-hydrogen) atoms. The van der Waals surface area contributed by atoms with E-state index in [0.717, 1.165) is 22.7 Å². The minimum atomic E-state index is -0.0237. The Morgan fingerprint density at radius 3 is 1.80 bits per heavy atom. The molecule has 1 aromatic heterocycles. The summed E-state index contributed by atoms with van der Waals surface area (Å²) in [6, 6.07) is 77.7. The van der Waals surface area contributed by atoms with Gasteiger partial charge in [0.1, 0.15) is 0 Å². The number of hydrogen-bond donors (Lipinski definition) is 0. The summed E-state index contributed by atoms with van der Waals surface area (Å²) in [5, 5.41) is 2.52. The number of anilines is 6. The van der Waals surface area contributed by atoms with Crippen LogP contribution in [0.4, 0.5) is 34.1 Å². The molecule has 1 aliphatic carbocycles. The highest BCUT2D eigenvalue weighted by Gasteiger charge is 2.35. The van der Waals surface area contributed by atoms with Crippen LogP contribution in [0.5, 0.6) is 0 Å². The Bertz CT molecular complexity index is 3270. The number of benzene rings is 9. The van der Waals surface area contributed by atoms with Crippen LogP contribution in [0.2, 0.25) is 0 Å². The second-order valence-corrected chi connectivity index (χ2v) is 17.7. The average Bonchev–Trinajstić information content (AvgIpc) is 3.76. The van der Waals surface area contributed by atoms with Crippen molar-refractivity contribution in [3.05, 3.63) is 223 Å². The van der Waals surface area contributed by atoms with E-state index in [9.17, 15) is 0 Å². The van der Waals surface area contributed by atoms with Gasteiger partial charge in [-0.1, -0.05) is 135 Å². The molecule has 0 saturated heterocycles. The number of rotatable bonds is 6. The first-order valence-electron chi connectivity index (χ1n) is 21.0. The van der Waals surface area contributed by atoms with Gasteiger partial charge in [0.05, 0.1) is 22.4 Å². The van der Waals surface area contributed by atoms with Gasteiger partial charge >= 0.3 is 0 Å². The van der Waals surface area contributed by atoms with Crippen LogP contribution in [0.25, 0.3) is 49.7 Å². The van der Waals surface area contributed by atoms with E-state index in [1.54, 1.807) is 0 Å². The average molecular weight is 800 g/mol. The zero-order chi connectivity index (χ0) is 40.7. The van der Waals surface area contributed by atoms with Gasteiger partial charge in [0, 0.05) is 54.4 Å². The fourth-order valence-electron chi connectivity index (χ4n) is 9.84. The zero-order valence-corrected chi connectivity index (χ0v) is 34.8. The predicted molar refractivity (Wildman–Crippen MR) is 257 cm³/mol. The molecule has 10 aromatic rings. The van der Waals surface area contributed by atoms with Crippen molar-refractivity contribution in [1.29, 1.82) is 0 Å². The normalized spacial score (nSPS) is 13.4. The molecule has 2 heterocycles. The van der Waals surface area contributed by atoms with Crippen LogP contribution in [0.15, 0.2) is 222 Å². The van der Waals surface area contributed by atoms with Crippen molar-refractivity contribution in [2.75, 3.05) is 9.80 Å². The van der Waals surface area contributed by atoms with E-state index >= 15 is 0 Å². The SMILES string of the molecule is CC1(C)c2ccccc2-c2cc(-n3c4ccccc4c4cc(-c5ccc6c(c5)Sc5ccccc5N6c5ccc(N(c6ccccc6)c6ccccc6)cc5)ccc43)ccc21. The fraction of sp³-hybridized carbons (Fsp3) is 0.0526. The van der Waals surface area contributed by atoms with Crippen LogP contribution >= 0.6 is 11.8 Å². The molecule has 0 unspecified atom stereocenters. The van der Waals surface area contributed by atoms with Crippen molar-refractivity contribution in [2.45, 2.75) is 29.1 Å². The van der Waals surface area contributed by atoms with Gasteiger partial charge in [-0.05, 0) is 137 Å².